The van der Waals surface area contributed by atoms with Gasteiger partial charge in [0, 0.05) is 13.0 Å². The lowest BCUT2D eigenvalue weighted by atomic mass is 10.0. The van der Waals surface area contributed by atoms with Crippen molar-refractivity contribution in [2.24, 2.45) is 0 Å². The molecule has 0 aromatic carbocycles. The van der Waals surface area contributed by atoms with E-state index in [0.29, 0.717) is 13.0 Å². The van der Waals surface area contributed by atoms with Gasteiger partial charge < -0.3 is 14.6 Å². The number of esters is 1. The van der Waals surface area contributed by atoms with Crippen molar-refractivity contribution in [3.05, 3.63) is 85.1 Å². The highest BCUT2D eigenvalue weighted by Crippen LogP contribution is 2.14. The van der Waals surface area contributed by atoms with Crippen LogP contribution < -0.4 is 0 Å². The third kappa shape index (κ3) is 43.9. The summed E-state index contributed by atoms with van der Waals surface area (Å²) in [5.74, 6) is -0.233. The maximum Gasteiger partial charge on any atom is 0.306 e. The number of carbonyl (C=O) groups excluding carboxylic acids is 1. The lowest BCUT2D eigenvalue weighted by molar-refractivity contribution is -0.154. The van der Waals surface area contributed by atoms with Gasteiger partial charge in [0.05, 0.1) is 13.2 Å². The van der Waals surface area contributed by atoms with Crippen LogP contribution in [-0.4, -0.2) is 37.0 Å². The second-order valence-electron chi connectivity index (χ2n) is 14.4. The molecular formula is C49H84O4. The van der Waals surface area contributed by atoms with Crippen LogP contribution in [-0.2, 0) is 14.3 Å². The molecular weight excluding hydrogens is 653 g/mol. The molecule has 4 heteroatoms. The van der Waals surface area contributed by atoms with Crippen LogP contribution in [0.15, 0.2) is 85.1 Å². The first-order chi connectivity index (χ1) is 26.2. The maximum atomic E-state index is 12.2. The molecule has 0 heterocycles. The van der Waals surface area contributed by atoms with Crippen molar-refractivity contribution in [1.82, 2.24) is 0 Å². The Hall–Kier alpha value is -2.43. The minimum absolute atomic E-state index is 0.188. The summed E-state index contributed by atoms with van der Waals surface area (Å²) in [7, 11) is 0. The Morgan fingerprint density at radius 2 is 0.849 bits per heavy atom. The molecule has 0 aromatic heterocycles. The van der Waals surface area contributed by atoms with E-state index in [1.165, 1.54) is 96.3 Å². The number of carbonyl (C=O) groups is 1. The summed E-state index contributed by atoms with van der Waals surface area (Å²) in [6.45, 7) is 5.20. The van der Waals surface area contributed by atoms with E-state index in [0.717, 1.165) is 77.0 Å². The Balaban J connectivity index is 3.56. The quantitative estimate of drug-likeness (QED) is 0.0387. The van der Waals surface area contributed by atoms with Gasteiger partial charge >= 0.3 is 5.97 Å². The van der Waals surface area contributed by atoms with E-state index in [4.69, 9.17) is 9.47 Å². The van der Waals surface area contributed by atoms with Crippen LogP contribution in [0.2, 0.25) is 0 Å². The van der Waals surface area contributed by atoms with Gasteiger partial charge in [0.1, 0.15) is 6.10 Å². The summed E-state index contributed by atoms with van der Waals surface area (Å²) in [4.78, 5) is 12.2. The third-order valence-corrected chi connectivity index (χ3v) is 9.23. The average Bonchev–Trinajstić information content (AvgIpc) is 3.16. The summed E-state index contributed by atoms with van der Waals surface area (Å²) >= 11 is 0. The standard InChI is InChI=1S/C49H84O4/c1-3-5-7-9-11-13-15-17-19-21-22-23-24-25-26-27-28-29-30-32-34-36-38-40-42-44-49(51)53-48(46-50)47-52-45-43-41-39-37-35-33-31-20-18-16-14-12-10-8-6-4-2/h5,7,11,13,17,19,22-23,25-26,28-29,32,34,48,50H,3-4,6,8-10,12,14-16,18,20-21,24,27,30-31,33,35-47H2,1-2H3/b7-5-,13-11-,19-17-,23-22-,26-25-,29-28-,34-32-. The predicted octanol–water partition coefficient (Wildman–Crippen LogP) is 14.8. The molecule has 0 fully saturated rings. The number of aliphatic hydroxyl groups excluding tert-OH is 1. The lowest BCUT2D eigenvalue weighted by Gasteiger charge is -2.15. The van der Waals surface area contributed by atoms with Crippen LogP contribution in [0, 0.1) is 0 Å². The Kier molecular flexibility index (Phi) is 43.6. The molecule has 0 spiro atoms. The molecule has 0 aliphatic heterocycles. The van der Waals surface area contributed by atoms with E-state index in [-0.39, 0.29) is 19.2 Å². The monoisotopic (exact) mass is 737 g/mol. The molecule has 0 saturated carbocycles. The predicted molar refractivity (Wildman–Crippen MR) is 232 cm³/mol. The van der Waals surface area contributed by atoms with E-state index in [9.17, 15) is 9.90 Å². The van der Waals surface area contributed by atoms with E-state index >= 15 is 0 Å². The molecule has 0 amide bonds. The molecule has 1 atom stereocenters. The average molecular weight is 737 g/mol. The zero-order chi connectivity index (χ0) is 38.4. The molecule has 0 aliphatic carbocycles. The van der Waals surface area contributed by atoms with Crippen LogP contribution in [0.3, 0.4) is 0 Å². The molecule has 0 bridgehead atoms. The first kappa shape index (κ1) is 50.6. The molecule has 1 unspecified atom stereocenters. The smallest absolute Gasteiger partial charge is 0.306 e. The molecule has 53 heavy (non-hydrogen) atoms. The summed E-state index contributed by atoms with van der Waals surface area (Å²) in [5.41, 5.74) is 0. The van der Waals surface area contributed by atoms with Gasteiger partial charge in [-0.3, -0.25) is 4.79 Å². The minimum Gasteiger partial charge on any atom is -0.457 e. The van der Waals surface area contributed by atoms with Gasteiger partial charge in [-0.15, -0.1) is 0 Å². The highest BCUT2D eigenvalue weighted by Gasteiger charge is 2.13. The van der Waals surface area contributed by atoms with Crippen LogP contribution in [0.4, 0.5) is 0 Å². The fraction of sp³-hybridized carbons (Fsp3) is 0.694. The number of allylic oxidation sites excluding steroid dienone is 14. The second kappa shape index (κ2) is 45.7. The first-order valence-electron chi connectivity index (χ1n) is 22.2. The van der Waals surface area contributed by atoms with Gasteiger partial charge in [-0.2, -0.15) is 0 Å². The number of aliphatic hydroxyl groups is 1. The van der Waals surface area contributed by atoms with Gasteiger partial charge in [0.2, 0.25) is 0 Å². The lowest BCUT2D eigenvalue weighted by Crippen LogP contribution is -2.27. The van der Waals surface area contributed by atoms with Crippen LogP contribution in [0.1, 0.15) is 194 Å². The largest absolute Gasteiger partial charge is 0.457 e. The zero-order valence-electron chi connectivity index (χ0n) is 34.8. The van der Waals surface area contributed by atoms with Gasteiger partial charge in [0.25, 0.3) is 0 Å². The minimum atomic E-state index is -0.555. The number of rotatable bonds is 40. The van der Waals surface area contributed by atoms with Gasteiger partial charge in [0.15, 0.2) is 0 Å². The molecule has 304 valence electrons. The van der Waals surface area contributed by atoms with E-state index in [2.05, 4.69) is 98.9 Å². The number of unbranched alkanes of at least 4 members (excludes halogenated alkanes) is 18. The summed E-state index contributed by atoms with van der Waals surface area (Å²) in [5, 5.41) is 9.60. The fourth-order valence-electron chi connectivity index (χ4n) is 5.95. The first-order valence-corrected chi connectivity index (χ1v) is 22.2. The summed E-state index contributed by atoms with van der Waals surface area (Å²) in [6.07, 6.45) is 63.6. The van der Waals surface area contributed by atoms with Crippen LogP contribution in [0.25, 0.3) is 0 Å². The van der Waals surface area contributed by atoms with Crippen molar-refractivity contribution in [2.45, 2.75) is 200 Å². The number of hydrogen-bond acceptors (Lipinski definition) is 4. The van der Waals surface area contributed by atoms with E-state index < -0.39 is 6.10 Å². The third-order valence-electron chi connectivity index (χ3n) is 9.23. The highest BCUT2D eigenvalue weighted by molar-refractivity contribution is 5.69. The van der Waals surface area contributed by atoms with E-state index in [1.807, 2.05) is 0 Å². The fourth-order valence-corrected chi connectivity index (χ4v) is 5.95. The molecule has 4 nitrogen and oxygen atoms in total. The van der Waals surface area contributed by atoms with E-state index in [1.54, 1.807) is 0 Å². The Labute approximate surface area is 329 Å². The van der Waals surface area contributed by atoms with Crippen molar-refractivity contribution >= 4 is 5.97 Å². The topological polar surface area (TPSA) is 55.8 Å². The summed E-state index contributed by atoms with van der Waals surface area (Å²) in [6, 6.07) is 0. The molecule has 0 aromatic rings. The van der Waals surface area contributed by atoms with Gasteiger partial charge in [-0.1, -0.05) is 202 Å². The Morgan fingerprint density at radius 1 is 0.472 bits per heavy atom. The highest BCUT2D eigenvalue weighted by atomic mass is 16.6. The van der Waals surface area contributed by atoms with Gasteiger partial charge in [-0.05, 0) is 70.6 Å². The number of hydrogen-bond donors (Lipinski definition) is 1. The molecule has 0 rings (SSSR count). The van der Waals surface area contributed by atoms with Crippen LogP contribution in [0.5, 0.6) is 0 Å². The molecule has 1 N–H and O–H groups in total. The SMILES string of the molecule is CC/C=C\C/C=C\C/C=C\C/C=C\C/C=C\C/C=C\C/C=C\CCCCCC(=O)OC(CO)COCCCCCCCCCCCCCCCCCC. The van der Waals surface area contributed by atoms with Crippen molar-refractivity contribution in [2.75, 3.05) is 19.8 Å². The second-order valence-corrected chi connectivity index (χ2v) is 14.4. The Morgan fingerprint density at radius 3 is 1.26 bits per heavy atom. The Bertz CT molecular complexity index is 954. The zero-order valence-corrected chi connectivity index (χ0v) is 34.8. The van der Waals surface area contributed by atoms with Gasteiger partial charge in [-0.25, -0.2) is 0 Å². The molecule has 0 radical (unpaired) electrons. The molecule has 0 aliphatic rings. The normalized spacial score (nSPS) is 13.2. The van der Waals surface area contributed by atoms with Crippen molar-refractivity contribution in [3.63, 3.8) is 0 Å². The van der Waals surface area contributed by atoms with Crippen molar-refractivity contribution < 1.29 is 19.4 Å². The summed E-state index contributed by atoms with van der Waals surface area (Å²) < 4.78 is 11.1. The maximum absolute atomic E-state index is 12.2. The van der Waals surface area contributed by atoms with Crippen LogP contribution >= 0.6 is 0 Å². The number of ether oxygens (including phenoxy) is 2. The molecule has 0 saturated heterocycles. The van der Waals surface area contributed by atoms with Crippen molar-refractivity contribution in [3.8, 4) is 0 Å². The van der Waals surface area contributed by atoms with Crippen molar-refractivity contribution in [1.29, 1.82) is 0 Å².